The van der Waals surface area contributed by atoms with Gasteiger partial charge in [-0.1, -0.05) is 87.6 Å². The molecular weight excluding hydrogens is 470 g/mol. The first kappa shape index (κ1) is 26.1. The van der Waals surface area contributed by atoms with Crippen LogP contribution in [-0.2, 0) is 24.8 Å². The van der Waals surface area contributed by atoms with Gasteiger partial charge in [-0.05, 0) is 30.5 Å². The summed E-state index contributed by atoms with van der Waals surface area (Å²) in [5.74, 6) is -0.473. The van der Waals surface area contributed by atoms with Gasteiger partial charge in [0.1, 0.15) is 6.61 Å². The lowest BCUT2D eigenvalue weighted by Crippen LogP contribution is -2.30. The third-order valence-corrected chi connectivity index (χ3v) is 7.79. The Bertz CT molecular complexity index is 1140. The number of dihydropyridines is 1. The maximum Gasteiger partial charge on any atom is 0.337 e. The average molecular weight is 506 g/mol. The fourth-order valence-electron chi connectivity index (χ4n) is 4.76. The monoisotopic (exact) mass is 505 g/mol. The van der Waals surface area contributed by atoms with Gasteiger partial charge in [-0.2, -0.15) is 0 Å². The van der Waals surface area contributed by atoms with Crippen molar-refractivity contribution < 1.29 is 19.1 Å². The molecule has 0 saturated heterocycles. The summed E-state index contributed by atoms with van der Waals surface area (Å²) in [4.78, 5) is 27.3. The molecule has 0 aliphatic carbocycles. The lowest BCUT2D eigenvalue weighted by atomic mass is 9.81. The summed E-state index contributed by atoms with van der Waals surface area (Å²) in [6.45, 7) is 4.66. The molecule has 0 bridgehead atoms. The molecule has 0 aromatic heterocycles. The summed E-state index contributed by atoms with van der Waals surface area (Å²) in [6.07, 6.45) is 6.73. The van der Waals surface area contributed by atoms with Crippen LogP contribution < -0.4 is 5.32 Å². The molecule has 36 heavy (non-hydrogen) atoms. The Labute approximate surface area is 218 Å². The lowest BCUT2D eigenvalue weighted by molar-refractivity contribution is -0.139. The van der Waals surface area contributed by atoms with Crippen molar-refractivity contribution in [3.05, 3.63) is 88.3 Å². The molecule has 1 unspecified atom stereocenters. The molecule has 2 aliphatic heterocycles. The number of ether oxygens (including phenoxy) is 2. The Kier molecular flexibility index (Phi) is 9.29. The number of hydrogen-bond donors (Lipinski definition) is 1. The molecule has 5 nitrogen and oxygen atoms in total. The van der Waals surface area contributed by atoms with Crippen molar-refractivity contribution in [2.75, 3.05) is 13.2 Å². The minimum absolute atomic E-state index is 0.196. The molecule has 0 amide bonds. The number of thioether (sulfide) groups is 1. The molecule has 2 aliphatic rings. The second-order valence-electron chi connectivity index (χ2n) is 9.28. The first-order valence-corrected chi connectivity index (χ1v) is 13.9. The maximum atomic E-state index is 13.4. The van der Waals surface area contributed by atoms with E-state index in [4.69, 9.17) is 9.47 Å². The predicted octanol–water partition coefficient (Wildman–Crippen LogP) is 6.65. The van der Waals surface area contributed by atoms with E-state index >= 15 is 0 Å². The topological polar surface area (TPSA) is 64.6 Å². The van der Waals surface area contributed by atoms with Crippen LogP contribution in [0.15, 0.2) is 82.0 Å². The number of cyclic esters (lactones) is 1. The number of carbonyl (C=O) groups is 2. The van der Waals surface area contributed by atoms with Crippen LogP contribution in [0.3, 0.4) is 0 Å². The van der Waals surface area contributed by atoms with Crippen LogP contribution >= 0.6 is 11.8 Å². The van der Waals surface area contributed by atoms with Gasteiger partial charge in [0.2, 0.25) is 0 Å². The summed E-state index contributed by atoms with van der Waals surface area (Å²) < 4.78 is 11.1. The van der Waals surface area contributed by atoms with E-state index < -0.39 is 5.92 Å². The molecule has 1 atom stereocenters. The van der Waals surface area contributed by atoms with Crippen molar-refractivity contribution >= 4 is 23.7 Å². The van der Waals surface area contributed by atoms with Gasteiger partial charge in [0, 0.05) is 16.3 Å². The minimum atomic E-state index is -0.521. The number of unbranched alkanes of at least 4 members (excludes halogenated alkanes) is 5. The van der Waals surface area contributed by atoms with E-state index in [0.717, 1.165) is 41.2 Å². The first-order valence-electron chi connectivity index (χ1n) is 12.9. The molecule has 2 aromatic carbocycles. The molecule has 4 rings (SSSR count). The van der Waals surface area contributed by atoms with Gasteiger partial charge in [-0.3, -0.25) is 0 Å². The average Bonchev–Trinajstić information content (AvgIpc) is 3.26. The summed E-state index contributed by atoms with van der Waals surface area (Å²) in [7, 11) is 0. The highest BCUT2D eigenvalue weighted by molar-refractivity contribution is 7.98. The zero-order valence-electron chi connectivity index (χ0n) is 21.2. The molecule has 2 aromatic rings. The van der Waals surface area contributed by atoms with Gasteiger partial charge >= 0.3 is 11.9 Å². The Morgan fingerprint density at radius 1 is 1.03 bits per heavy atom. The first-order chi connectivity index (χ1) is 17.6. The number of rotatable bonds is 12. The SMILES string of the molecule is CCCCCCCCOC(=O)C1=C(C)NC2=C(C(=O)OC2)C1c1ccccc1SCc1ccccc1. The Morgan fingerprint density at radius 3 is 2.56 bits per heavy atom. The van der Waals surface area contributed by atoms with Crippen LogP contribution in [0.5, 0.6) is 0 Å². The van der Waals surface area contributed by atoms with Gasteiger partial charge in [-0.25, -0.2) is 9.59 Å². The van der Waals surface area contributed by atoms with Gasteiger partial charge in [0.25, 0.3) is 0 Å². The lowest BCUT2D eigenvalue weighted by Gasteiger charge is -2.29. The van der Waals surface area contributed by atoms with Crippen LogP contribution in [0, 0.1) is 0 Å². The van der Waals surface area contributed by atoms with Crippen LogP contribution in [0.25, 0.3) is 0 Å². The molecule has 190 valence electrons. The molecular formula is C30H35NO4S. The van der Waals surface area contributed by atoms with Gasteiger partial charge < -0.3 is 14.8 Å². The highest BCUT2D eigenvalue weighted by atomic mass is 32.2. The normalized spacial score (nSPS) is 17.1. The number of esters is 2. The highest BCUT2D eigenvalue weighted by Gasteiger charge is 2.42. The highest BCUT2D eigenvalue weighted by Crippen LogP contribution is 2.44. The van der Waals surface area contributed by atoms with Crippen molar-refractivity contribution in [1.82, 2.24) is 5.32 Å². The van der Waals surface area contributed by atoms with E-state index in [9.17, 15) is 9.59 Å². The zero-order valence-corrected chi connectivity index (χ0v) is 22.0. The standard InChI is InChI=1S/C30H35NO4S/c1-3-4-5-6-7-13-18-34-29(32)26-21(2)31-24-19-35-30(33)28(24)27(26)23-16-11-12-17-25(23)36-20-22-14-9-8-10-15-22/h8-12,14-17,27,31H,3-7,13,18-20H2,1-2H3. The summed E-state index contributed by atoms with van der Waals surface area (Å²) >= 11 is 1.71. The second kappa shape index (κ2) is 12.8. The van der Waals surface area contributed by atoms with Gasteiger partial charge in [0.05, 0.1) is 29.4 Å². The van der Waals surface area contributed by atoms with Crippen molar-refractivity contribution in [3.8, 4) is 0 Å². The molecule has 0 fully saturated rings. The van der Waals surface area contributed by atoms with Crippen LogP contribution in [0.4, 0.5) is 0 Å². The Hall–Kier alpha value is -2.99. The largest absolute Gasteiger partial charge is 0.462 e. The summed E-state index contributed by atoms with van der Waals surface area (Å²) in [5, 5.41) is 3.25. The minimum Gasteiger partial charge on any atom is -0.462 e. The fourth-order valence-corrected chi connectivity index (χ4v) is 5.80. The van der Waals surface area contributed by atoms with Crippen LogP contribution in [0.2, 0.25) is 0 Å². The van der Waals surface area contributed by atoms with E-state index in [0.29, 0.717) is 23.5 Å². The quantitative estimate of drug-likeness (QED) is 0.198. The van der Waals surface area contributed by atoms with Crippen molar-refractivity contribution in [1.29, 1.82) is 0 Å². The van der Waals surface area contributed by atoms with Crippen molar-refractivity contribution in [2.45, 2.75) is 68.9 Å². The van der Waals surface area contributed by atoms with E-state index in [2.05, 4.69) is 30.4 Å². The van der Waals surface area contributed by atoms with Crippen molar-refractivity contribution in [2.24, 2.45) is 0 Å². The fraction of sp³-hybridized carbons (Fsp3) is 0.400. The molecule has 0 saturated carbocycles. The van der Waals surface area contributed by atoms with Gasteiger partial charge in [0.15, 0.2) is 0 Å². The van der Waals surface area contributed by atoms with E-state index in [1.807, 2.05) is 43.3 Å². The van der Waals surface area contributed by atoms with Crippen LogP contribution in [0.1, 0.15) is 69.4 Å². The van der Waals surface area contributed by atoms with Gasteiger partial charge in [-0.15, -0.1) is 11.8 Å². The van der Waals surface area contributed by atoms with E-state index in [-0.39, 0.29) is 18.5 Å². The number of nitrogens with one attached hydrogen (secondary N) is 1. The summed E-state index contributed by atoms with van der Waals surface area (Å²) in [5.41, 5.74) is 4.60. The van der Waals surface area contributed by atoms with E-state index in [1.54, 1.807) is 11.8 Å². The number of carbonyl (C=O) groups excluding carboxylic acids is 2. The van der Waals surface area contributed by atoms with E-state index in [1.165, 1.54) is 24.8 Å². The molecule has 0 radical (unpaired) electrons. The zero-order chi connectivity index (χ0) is 25.3. The third-order valence-electron chi connectivity index (χ3n) is 6.63. The maximum absolute atomic E-state index is 13.4. The number of hydrogen-bond acceptors (Lipinski definition) is 6. The summed E-state index contributed by atoms with van der Waals surface area (Å²) in [6, 6.07) is 18.3. The number of benzene rings is 2. The Balaban J connectivity index is 1.56. The molecule has 6 heteroatoms. The predicted molar refractivity (Wildman–Crippen MR) is 143 cm³/mol. The number of allylic oxidation sites excluding steroid dienone is 1. The molecule has 1 N–H and O–H groups in total. The Morgan fingerprint density at radius 2 is 1.75 bits per heavy atom. The molecule has 0 spiro atoms. The third kappa shape index (κ3) is 6.22. The van der Waals surface area contributed by atoms with Crippen molar-refractivity contribution in [3.63, 3.8) is 0 Å². The smallest absolute Gasteiger partial charge is 0.337 e. The second-order valence-corrected chi connectivity index (χ2v) is 10.3. The molecule has 2 heterocycles. The van der Waals surface area contributed by atoms with Crippen LogP contribution in [-0.4, -0.2) is 25.2 Å².